The number of aryl methyl sites for hydroxylation is 1. The minimum atomic E-state index is -4.51. The first-order valence-electron chi connectivity index (χ1n) is 6.49. The molecule has 0 spiro atoms. The molecule has 1 nitrogen and oxygen atoms in total. The lowest BCUT2D eigenvalue weighted by Gasteiger charge is -2.09. The van der Waals surface area contributed by atoms with Crippen molar-refractivity contribution in [2.24, 2.45) is 0 Å². The molecule has 0 aliphatic heterocycles. The highest BCUT2D eigenvalue weighted by Gasteiger charge is 2.33. The molecule has 22 heavy (non-hydrogen) atoms. The largest absolute Gasteiger partial charge is 0.446 e. The molecule has 0 saturated carbocycles. The van der Waals surface area contributed by atoms with E-state index in [2.05, 4.69) is 0 Å². The summed E-state index contributed by atoms with van der Waals surface area (Å²) in [6.07, 6.45) is 1.27. The fourth-order valence-corrected chi connectivity index (χ4v) is 2.47. The lowest BCUT2D eigenvalue weighted by molar-refractivity contribution is -0.0322. The number of allylic oxidation sites excluding steroid dienone is 1. The minimum absolute atomic E-state index is 0.234. The van der Waals surface area contributed by atoms with Crippen LogP contribution in [0.5, 0.6) is 0 Å². The van der Waals surface area contributed by atoms with E-state index in [0.29, 0.717) is 5.56 Å². The second-order valence-corrected chi connectivity index (χ2v) is 5.77. The topological polar surface area (TPSA) is 17.1 Å². The van der Waals surface area contributed by atoms with Crippen molar-refractivity contribution in [2.75, 3.05) is 0 Å². The van der Waals surface area contributed by atoms with Crippen LogP contribution in [0.15, 0.2) is 59.5 Å². The van der Waals surface area contributed by atoms with Gasteiger partial charge in [-0.1, -0.05) is 60.2 Å². The monoisotopic (exact) mass is 322 g/mol. The third-order valence-corrected chi connectivity index (χ3v) is 3.62. The van der Waals surface area contributed by atoms with Crippen molar-refractivity contribution >= 4 is 23.6 Å². The second kappa shape index (κ2) is 6.83. The van der Waals surface area contributed by atoms with Gasteiger partial charge in [-0.3, -0.25) is 4.79 Å². The zero-order valence-corrected chi connectivity index (χ0v) is 12.5. The zero-order chi connectivity index (χ0) is 16.2. The number of halogens is 3. The molecular formula is C17H13F3OS. The van der Waals surface area contributed by atoms with Gasteiger partial charge in [-0.2, -0.15) is 13.2 Å². The van der Waals surface area contributed by atoms with E-state index >= 15 is 0 Å². The normalized spacial score (nSPS) is 12.3. The Balaban J connectivity index is 2.38. The molecule has 0 amide bonds. The summed E-state index contributed by atoms with van der Waals surface area (Å²) in [6, 6.07) is 14.9. The molecule has 0 unspecified atom stereocenters. The number of hydrogen-bond donors (Lipinski definition) is 0. The van der Waals surface area contributed by atoms with Crippen LogP contribution in [0.25, 0.3) is 6.08 Å². The maximum absolute atomic E-state index is 12.7. The number of carbonyl (C=O) groups excluding carboxylic acids is 1. The fraction of sp³-hybridized carbons (Fsp3) is 0.118. The molecule has 0 bridgehead atoms. The molecule has 114 valence electrons. The predicted molar refractivity (Wildman–Crippen MR) is 83.6 cm³/mol. The Bertz CT molecular complexity index is 673. The Morgan fingerprint density at radius 1 is 1.00 bits per heavy atom. The van der Waals surface area contributed by atoms with E-state index in [9.17, 15) is 18.0 Å². The number of Topliss-reactive ketones (excluding diaryl/α,β-unsaturated/α-hetero) is 1. The lowest BCUT2D eigenvalue weighted by atomic mass is 10.1. The third-order valence-electron chi connectivity index (χ3n) is 2.86. The van der Waals surface area contributed by atoms with E-state index in [1.54, 1.807) is 42.5 Å². The van der Waals surface area contributed by atoms with Gasteiger partial charge in [0.2, 0.25) is 0 Å². The Labute approximate surface area is 130 Å². The van der Waals surface area contributed by atoms with Crippen LogP contribution in [-0.2, 0) is 0 Å². The van der Waals surface area contributed by atoms with Gasteiger partial charge in [-0.15, -0.1) is 0 Å². The Morgan fingerprint density at radius 3 is 2.14 bits per heavy atom. The van der Waals surface area contributed by atoms with Crippen molar-refractivity contribution in [3.05, 3.63) is 76.2 Å². The van der Waals surface area contributed by atoms with Crippen molar-refractivity contribution in [2.45, 2.75) is 12.4 Å². The number of carbonyl (C=O) groups is 1. The molecule has 0 atom stereocenters. The Hall–Kier alpha value is -2.01. The number of alkyl halides is 3. The fourth-order valence-electron chi connectivity index (χ4n) is 1.81. The van der Waals surface area contributed by atoms with E-state index in [-0.39, 0.29) is 22.2 Å². The Kier molecular flexibility index (Phi) is 5.08. The number of thioether (sulfide) groups is 1. The molecule has 0 heterocycles. The van der Waals surface area contributed by atoms with Gasteiger partial charge in [0.15, 0.2) is 5.78 Å². The van der Waals surface area contributed by atoms with E-state index in [4.69, 9.17) is 0 Å². The summed E-state index contributed by atoms with van der Waals surface area (Å²) in [7, 11) is 0. The molecule has 0 aliphatic rings. The van der Waals surface area contributed by atoms with Gasteiger partial charge in [0, 0.05) is 5.56 Å². The van der Waals surface area contributed by atoms with Gasteiger partial charge in [0.1, 0.15) is 0 Å². The maximum atomic E-state index is 12.7. The highest BCUT2D eigenvalue weighted by molar-refractivity contribution is 8.05. The highest BCUT2D eigenvalue weighted by atomic mass is 32.2. The van der Waals surface area contributed by atoms with Crippen LogP contribution >= 0.6 is 11.8 Å². The molecule has 0 fully saturated rings. The molecule has 0 N–H and O–H groups in total. The number of rotatable bonds is 4. The second-order valence-electron chi connectivity index (χ2n) is 4.66. The van der Waals surface area contributed by atoms with Crippen LogP contribution in [0.1, 0.15) is 21.5 Å². The molecular weight excluding hydrogens is 309 g/mol. The lowest BCUT2D eigenvalue weighted by Crippen LogP contribution is -2.07. The maximum Gasteiger partial charge on any atom is 0.446 e. The first kappa shape index (κ1) is 16.4. The van der Waals surface area contributed by atoms with Gasteiger partial charge in [-0.05, 0) is 30.3 Å². The summed E-state index contributed by atoms with van der Waals surface area (Å²) in [5, 5.41) is 0. The number of hydrogen-bond acceptors (Lipinski definition) is 2. The van der Waals surface area contributed by atoms with Gasteiger partial charge in [0.05, 0.1) is 4.91 Å². The molecule has 0 aliphatic carbocycles. The van der Waals surface area contributed by atoms with Crippen molar-refractivity contribution < 1.29 is 18.0 Å². The van der Waals surface area contributed by atoms with Crippen LogP contribution in [0.3, 0.4) is 0 Å². The van der Waals surface area contributed by atoms with Crippen LogP contribution in [0.2, 0.25) is 0 Å². The van der Waals surface area contributed by atoms with Crippen molar-refractivity contribution in [1.29, 1.82) is 0 Å². The molecule has 0 saturated heterocycles. The number of benzene rings is 2. The molecule has 2 aromatic rings. The van der Waals surface area contributed by atoms with Crippen molar-refractivity contribution in [1.82, 2.24) is 0 Å². The average molecular weight is 322 g/mol. The van der Waals surface area contributed by atoms with Crippen LogP contribution in [-0.4, -0.2) is 11.3 Å². The average Bonchev–Trinajstić information content (AvgIpc) is 2.48. The summed E-state index contributed by atoms with van der Waals surface area (Å²) in [5.41, 5.74) is -2.73. The van der Waals surface area contributed by atoms with E-state index in [1.807, 2.05) is 6.92 Å². The predicted octanol–water partition coefficient (Wildman–Crippen LogP) is 5.47. The van der Waals surface area contributed by atoms with Gasteiger partial charge >= 0.3 is 5.51 Å². The highest BCUT2D eigenvalue weighted by Crippen LogP contribution is 2.38. The minimum Gasteiger partial charge on any atom is -0.288 e. The summed E-state index contributed by atoms with van der Waals surface area (Å²) in [5.74, 6) is -0.636. The first-order valence-corrected chi connectivity index (χ1v) is 7.31. The Morgan fingerprint density at radius 2 is 1.59 bits per heavy atom. The van der Waals surface area contributed by atoms with E-state index in [0.717, 1.165) is 5.56 Å². The van der Waals surface area contributed by atoms with Gasteiger partial charge in [0.25, 0.3) is 0 Å². The van der Waals surface area contributed by atoms with Gasteiger partial charge < -0.3 is 0 Å². The number of ketones is 1. The van der Waals surface area contributed by atoms with Crippen LogP contribution < -0.4 is 0 Å². The quantitative estimate of drug-likeness (QED) is 0.548. The van der Waals surface area contributed by atoms with Crippen molar-refractivity contribution in [3.8, 4) is 0 Å². The van der Waals surface area contributed by atoms with E-state index < -0.39 is 11.3 Å². The van der Waals surface area contributed by atoms with Crippen LogP contribution in [0.4, 0.5) is 13.2 Å². The standard InChI is InChI=1S/C17H13F3OS/c1-12-7-9-13(10-8-12)11-15(22-17(18,19)20)16(21)14-5-3-2-4-6-14/h2-11H,1H3. The SMILES string of the molecule is Cc1ccc(C=C(SC(F)(F)F)C(=O)c2ccccc2)cc1. The summed E-state index contributed by atoms with van der Waals surface area (Å²) in [4.78, 5) is 12.0. The molecule has 2 rings (SSSR count). The van der Waals surface area contributed by atoms with E-state index in [1.165, 1.54) is 18.2 Å². The smallest absolute Gasteiger partial charge is 0.288 e. The van der Waals surface area contributed by atoms with Crippen molar-refractivity contribution in [3.63, 3.8) is 0 Å². The third kappa shape index (κ3) is 4.77. The molecule has 2 aromatic carbocycles. The summed E-state index contributed by atoms with van der Waals surface area (Å²) >= 11 is -0.385. The summed E-state index contributed by atoms with van der Waals surface area (Å²) < 4.78 is 38.2. The molecule has 0 aromatic heterocycles. The molecule has 5 heteroatoms. The zero-order valence-electron chi connectivity index (χ0n) is 11.7. The summed E-state index contributed by atoms with van der Waals surface area (Å²) in [6.45, 7) is 1.88. The molecule has 0 radical (unpaired) electrons. The van der Waals surface area contributed by atoms with Crippen LogP contribution in [0, 0.1) is 6.92 Å². The first-order chi connectivity index (χ1) is 10.3. The van der Waals surface area contributed by atoms with Gasteiger partial charge in [-0.25, -0.2) is 0 Å².